The van der Waals surface area contributed by atoms with E-state index in [0.29, 0.717) is 19.4 Å². The van der Waals surface area contributed by atoms with E-state index in [4.69, 9.17) is 0 Å². The van der Waals surface area contributed by atoms with Crippen molar-refractivity contribution in [1.82, 2.24) is 10.3 Å². The maximum absolute atomic E-state index is 12.8. The van der Waals surface area contributed by atoms with Gasteiger partial charge in [-0.3, -0.25) is 4.79 Å². The van der Waals surface area contributed by atoms with E-state index in [0.717, 1.165) is 22.0 Å². The summed E-state index contributed by atoms with van der Waals surface area (Å²) < 4.78 is 12.8. The molecule has 3 nitrogen and oxygen atoms in total. The number of carbonyl (C=O) groups excluding carboxylic acids is 1. The lowest BCUT2D eigenvalue weighted by molar-refractivity contribution is -0.120. The summed E-state index contributed by atoms with van der Waals surface area (Å²) in [4.78, 5) is 15.1. The number of rotatable bonds is 5. The Morgan fingerprint density at radius 1 is 1.05 bits per heavy atom. The Balaban J connectivity index is 1.50. The van der Waals surface area contributed by atoms with Gasteiger partial charge in [-0.05, 0) is 53.3 Å². The van der Waals surface area contributed by atoms with Gasteiger partial charge in [0, 0.05) is 18.3 Å². The number of nitrogens with one attached hydrogen (secondary N) is 2. The lowest BCUT2D eigenvalue weighted by Crippen LogP contribution is -2.27. The van der Waals surface area contributed by atoms with Crippen LogP contribution in [0.15, 0.2) is 54.7 Å². The van der Waals surface area contributed by atoms with Crippen LogP contribution in [0, 0.1) is 5.82 Å². The molecule has 3 aromatic rings. The van der Waals surface area contributed by atoms with Crippen LogP contribution in [-0.2, 0) is 17.6 Å². The van der Waals surface area contributed by atoms with Gasteiger partial charge in [0.25, 0.3) is 0 Å². The van der Waals surface area contributed by atoms with Crippen molar-refractivity contribution in [3.8, 4) is 0 Å². The molecule has 22 heavy (non-hydrogen) atoms. The van der Waals surface area contributed by atoms with E-state index in [1.807, 2.05) is 30.5 Å². The fourth-order valence-electron chi connectivity index (χ4n) is 2.46. The molecule has 0 atom stereocenters. The van der Waals surface area contributed by atoms with E-state index in [1.165, 1.54) is 12.1 Å². The topological polar surface area (TPSA) is 44.9 Å². The standard InChI is InChI=1S/C18H17FN2O/c19-16-4-1-13(2-5-16)7-9-21-18(22)12-14-3-6-17-15(11-14)8-10-20-17/h1-6,8,10-11,20H,7,9,12H2,(H,21,22). The van der Waals surface area contributed by atoms with Gasteiger partial charge in [-0.25, -0.2) is 4.39 Å². The molecular weight excluding hydrogens is 279 g/mol. The molecule has 0 aliphatic heterocycles. The number of halogens is 1. The monoisotopic (exact) mass is 296 g/mol. The van der Waals surface area contributed by atoms with Gasteiger partial charge in [0.2, 0.25) is 5.91 Å². The number of carbonyl (C=O) groups is 1. The van der Waals surface area contributed by atoms with Gasteiger partial charge in [0.15, 0.2) is 0 Å². The number of hydrogen-bond donors (Lipinski definition) is 2. The lowest BCUT2D eigenvalue weighted by atomic mass is 10.1. The molecule has 0 aliphatic rings. The predicted molar refractivity (Wildman–Crippen MR) is 85.1 cm³/mol. The second-order valence-electron chi connectivity index (χ2n) is 5.30. The molecule has 112 valence electrons. The number of benzene rings is 2. The largest absolute Gasteiger partial charge is 0.361 e. The minimum Gasteiger partial charge on any atom is -0.361 e. The molecule has 0 fully saturated rings. The van der Waals surface area contributed by atoms with Crippen LogP contribution >= 0.6 is 0 Å². The third kappa shape index (κ3) is 3.52. The Morgan fingerprint density at radius 3 is 2.64 bits per heavy atom. The number of aromatic amines is 1. The van der Waals surface area contributed by atoms with Crippen molar-refractivity contribution >= 4 is 16.8 Å². The molecule has 0 unspecified atom stereocenters. The molecule has 0 radical (unpaired) electrons. The van der Waals surface area contributed by atoms with Crippen molar-refractivity contribution in [1.29, 1.82) is 0 Å². The Morgan fingerprint density at radius 2 is 1.82 bits per heavy atom. The smallest absolute Gasteiger partial charge is 0.224 e. The van der Waals surface area contributed by atoms with Crippen LogP contribution in [0.1, 0.15) is 11.1 Å². The fraction of sp³-hybridized carbons (Fsp3) is 0.167. The summed E-state index contributed by atoms with van der Waals surface area (Å²) in [6.07, 6.45) is 2.95. The quantitative estimate of drug-likeness (QED) is 0.746. The van der Waals surface area contributed by atoms with Crippen LogP contribution in [0.4, 0.5) is 4.39 Å². The molecule has 0 saturated heterocycles. The van der Waals surface area contributed by atoms with Crippen LogP contribution < -0.4 is 5.32 Å². The molecule has 1 aromatic heterocycles. The Kier molecular flexibility index (Phi) is 4.19. The van der Waals surface area contributed by atoms with Crippen LogP contribution in [0.5, 0.6) is 0 Å². The summed E-state index contributed by atoms with van der Waals surface area (Å²) in [5.74, 6) is -0.245. The zero-order chi connectivity index (χ0) is 15.4. The van der Waals surface area contributed by atoms with Gasteiger partial charge in [-0.15, -0.1) is 0 Å². The minimum absolute atomic E-state index is 0.00278. The molecular formula is C18H17FN2O. The van der Waals surface area contributed by atoms with Crippen LogP contribution in [0.25, 0.3) is 10.9 Å². The lowest BCUT2D eigenvalue weighted by Gasteiger charge is -2.06. The average molecular weight is 296 g/mol. The Hall–Kier alpha value is -2.62. The van der Waals surface area contributed by atoms with Gasteiger partial charge in [-0.2, -0.15) is 0 Å². The van der Waals surface area contributed by atoms with E-state index in [1.54, 1.807) is 12.1 Å². The molecule has 1 heterocycles. The first-order valence-corrected chi connectivity index (χ1v) is 7.28. The van der Waals surface area contributed by atoms with E-state index < -0.39 is 0 Å². The average Bonchev–Trinajstić information content (AvgIpc) is 2.97. The zero-order valence-corrected chi connectivity index (χ0v) is 12.1. The molecule has 1 amide bonds. The van der Waals surface area contributed by atoms with Gasteiger partial charge in [0.05, 0.1) is 6.42 Å². The SMILES string of the molecule is O=C(Cc1ccc2[nH]ccc2c1)NCCc1ccc(F)cc1. The summed E-state index contributed by atoms with van der Waals surface area (Å²) in [7, 11) is 0. The molecule has 2 N–H and O–H groups in total. The molecule has 4 heteroatoms. The van der Waals surface area contributed by atoms with Crippen LogP contribution in [-0.4, -0.2) is 17.4 Å². The van der Waals surface area contributed by atoms with Crippen molar-refractivity contribution in [3.63, 3.8) is 0 Å². The van der Waals surface area contributed by atoms with Crippen LogP contribution in [0.2, 0.25) is 0 Å². The molecule has 0 saturated carbocycles. The van der Waals surface area contributed by atoms with E-state index in [-0.39, 0.29) is 11.7 Å². The number of amides is 1. The molecule has 3 rings (SSSR count). The summed E-state index contributed by atoms with van der Waals surface area (Å²) in [5, 5.41) is 4.00. The van der Waals surface area contributed by atoms with Crippen molar-refractivity contribution in [2.75, 3.05) is 6.54 Å². The summed E-state index contributed by atoms with van der Waals surface area (Å²) >= 11 is 0. The van der Waals surface area contributed by atoms with Crippen molar-refractivity contribution < 1.29 is 9.18 Å². The van der Waals surface area contributed by atoms with Gasteiger partial charge in [0.1, 0.15) is 5.82 Å². The highest BCUT2D eigenvalue weighted by atomic mass is 19.1. The van der Waals surface area contributed by atoms with Crippen molar-refractivity contribution in [2.24, 2.45) is 0 Å². The molecule has 0 bridgehead atoms. The first-order chi connectivity index (χ1) is 10.7. The number of H-pyrrole nitrogens is 1. The number of aromatic nitrogens is 1. The third-order valence-corrected chi connectivity index (χ3v) is 3.63. The third-order valence-electron chi connectivity index (χ3n) is 3.63. The van der Waals surface area contributed by atoms with Gasteiger partial charge in [-0.1, -0.05) is 18.2 Å². The summed E-state index contributed by atoms with van der Waals surface area (Å²) in [6.45, 7) is 0.552. The fourth-order valence-corrected chi connectivity index (χ4v) is 2.46. The Labute approximate surface area is 128 Å². The highest BCUT2D eigenvalue weighted by molar-refractivity contribution is 5.83. The Bertz CT molecular complexity index is 777. The van der Waals surface area contributed by atoms with Crippen molar-refractivity contribution in [2.45, 2.75) is 12.8 Å². The molecule has 0 aliphatic carbocycles. The number of fused-ring (bicyclic) bond motifs is 1. The van der Waals surface area contributed by atoms with E-state index >= 15 is 0 Å². The molecule has 2 aromatic carbocycles. The van der Waals surface area contributed by atoms with E-state index in [2.05, 4.69) is 10.3 Å². The second-order valence-corrected chi connectivity index (χ2v) is 5.30. The summed E-state index contributed by atoms with van der Waals surface area (Å²) in [5.41, 5.74) is 3.07. The zero-order valence-electron chi connectivity index (χ0n) is 12.1. The highest BCUT2D eigenvalue weighted by Gasteiger charge is 2.04. The maximum Gasteiger partial charge on any atom is 0.224 e. The summed E-state index contributed by atoms with van der Waals surface area (Å²) in [6, 6.07) is 14.3. The first-order valence-electron chi connectivity index (χ1n) is 7.28. The first kappa shape index (κ1) is 14.3. The highest BCUT2D eigenvalue weighted by Crippen LogP contribution is 2.14. The van der Waals surface area contributed by atoms with Gasteiger partial charge < -0.3 is 10.3 Å². The maximum atomic E-state index is 12.8. The van der Waals surface area contributed by atoms with Crippen molar-refractivity contribution in [3.05, 3.63) is 71.7 Å². The normalized spacial score (nSPS) is 10.8. The van der Waals surface area contributed by atoms with E-state index in [9.17, 15) is 9.18 Å². The molecule has 0 spiro atoms. The second kappa shape index (κ2) is 6.43. The predicted octanol–water partition coefficient (Wildman–Crippen LogP) is 3.21. The van der Waals surface area contributed by atoms with Crippen LogP contribution in [0.3, 0.4) is 0 Å². The van der Waals surface area contributed by atoms with Gasteiger partial charge >= 0.3 is 0 Å². The minimum atomic E-state index is -0.243. The number of hydrogen-bond acceptors (Lipinski definition) is 1.